The van der Waals surface area contributed by atoms with Crippen molar-refractivity contribution in [1.29, 1.82) is 0 Å². The summed E-state index contributed by atoms with van der Waals surface area (Å²) in [5.41, 5.74) is 7.02. The molecule has 2 unspecified atom stereocenters. The number of nitrogen functional groups attached to an aromatic ring is 1. The van der Waals surface area contributed by atoms with Crippen molar-refractivity contribution in [2.24, 2.45) is 0 Å². The number of hydrogen-bond acceptors (Lipinski definition) is 4. The topological polar surface area (TPSA) is 79.7 Å². The number of carbonyl (C=O) groups is 1. The Kier molecular flexibility index (Phi) is 3.59. The molecule has 5 nitrogen and oxygen atoms in total. The second kappa shape index (κ2) is 5.41. The van der Waals surface area contributed by atoms with Gasteiger partial charge in [0.25, 0.3) is 5.91 Å². The van der Waals surface area contributed by atoms with Crippen molar-refractivity contribution in [2.45, 2.75) is 37.8 Å². The summed E-state index contributed by atoms with van der Waals surface area (Å²) in [5.74, 6) is 0.0894. The number of rotatable bonds is 2. The monoisotopic (exact) mass is 288 g/mol. The lowest BCUT2D eigenvalue weighted by atomic mass is 9.91. The molecule has 5 heteroatoms. The molecule has 1 aliphatic carbocycles. The highest BCUT2D eigenvalue weighted by molar-refractivity contribution is 5.96. The van der Waals surface area contributed by atoms with E-state index in [1.165, 1.54) is 0 Å². The van der Waals surface area contributed by atoms with Gasteiger partial charge in [0, 0.05) is 18.1 Å². The summed E-state index contributed by atoms with van der Waals surface area (Å²) in [6.07, 6.45) is 3.18. The molecule has 1 aliphatic rings. The Morgan fingerprint density at radius 1 is 1.33 bits per heavy atom. The van der Waals surface area contributed by atoms with Crippen molar-refractivity contribution in [3.8, 4) is 0 Å². The number of likely N-dealkylation sites (N-methyl/N-ethyl adjacent to an activating group) is 1. The standard InChI is InChI=1S/C16H20N2O3/c1-18(12-4-2-3-5-13(12)19)16(20)15-9-10-8-11(17)6-7-14(10)21-15/h6-9,12-13,19H,2-5,17H2,1H3. The van der Waals surface area contributed by atoms with E-state index < -0.39 is 6.10 Å². The molecule has 0 aliphatic heterocycles. The minimum Gasteiger partial charge on any atom is -0.451 e. The van der Waals surface area contributed by atoms with Crippen LogP contribution in [0, 0.1) is 0 Å². The number of fused-ring (bicyclic) bond motifs is 1. The van der Waals surface area contributed by atoms with Gasteiger partial charge >= 0.3 is 0 Å². The summed E-state index contributed by atoms with van der Waals surface area (Å²) in [7, 11) is 1.73. The highest BCUT2D eigenvalue weighted by atomic mass is 16.3. The van der Waals surface area contributed by atoms with Gasteiger partial charge in [-0.3, -0.25) is 4.79 Å². The van der Waals surface area contributed by atoms with Gasteiger partial charge in [0.05, 0.1) is 12.1 Å². The smallest absolute Gasteiger partial charge is 0.289 e. The molecule has 112 valence electrons. The van der Waals surface area contributed by atoms with Crippen molar-refractivity contribution in [1.82, 2.24) is 4.90 Å². The maximum atomic E-state index is 12.5. The molecule has 0 spiro atoms. The zero-order valence-corrected chi connectivity index (χ0v) is 12.1. The van der Waals surface area contributed by atoms with Crippen molar-refractivity contribution >= 4 is 22.6 Å². The van der Waals surface area contributed by atoms with Crippen LogP contribution >= 0.6 is 0 Å². The average Bonchev–Trinajstić information content (AvgIpc) is 2.89. The number of aliphatic hydroxyl groups excluding tert-OH is 1. The van der Waals surface area contributed by atoms with Crippen molar-refractivity contribution in [2.75, 3.05) is 12.8 Å². The Morgan fingerprint density at radius 2 is 2.10 bits per heavy atom. The molecule has 1 aromatic heterocycles. The highest BCUT2D eigenvalue weighted by Gasteiger charge is 2.31. The van der Waals surface area contributed by atoms with Gasteiger partial charge in [0.2, 0.25) is 0 Å². The van der Waals surface area contributed by atoms with Crippen LogP contribution in [0.3, 0.4) is 0 Å². The van der Waals surface area contributed by atoms with E-state index in [1.807, 2.05) is 0 Å². The van der Waals surface area contributed by atoms with Crippen LogP contribution in [0.4, 0.5) is 5.69 Å². The third-order valence-corrected chi connectivity index (χ3v) is 4.26. The van der Waals surface area contributed by atoms with Gasteiger partial charge in [-0.15, -0.1) is 0 Å². The number of benzene rings is 1. The summed E-state index contributed by atoms with van der Waals surface area (Å²) in [5, 5.41) is 10.9. The normalized spacial score (nSPS) is 22.4. The summed E-state index contributed by atoms with van der Waals surface area (Å²) in [6, 6.07) is 6.86. The quantitative estimate of drug-likeness (QED) is 0.832. The van der Waals surface area contributed by atoms with E-state index in [0.29, 0.717) is 11.3 Å². The summed E-state index contributed by atoms with van der Waals surface area (Å²) in [4.78, 5) is 14.1. The number of amides is 1. The largest absolute Gasteiger partial charge is 0.451 e. The number of hydrogen-bond donors (Lipinski definition) is 2. The van der Waals surface area contributed by atoms with Crippen LogP contribution in [0.5, 0.6) is 0 Å². The highest BCUT2D eigenvalue weighted by Crippen LogP contribution is 2.26. The van der Waals surface area contributed by atoms with E-state index >= 15 is 0 Å². The Balaban J connectivity index is 1.85. The van der Waals surface area contributed by atoms with Crippen LogP contribution in [0.2, 0.25) is 0 Å². The van der Waals surface area contributed by atoms with Gasteiger partial charge < -0.3 is 20.2 Å². The van der Waals surface area contributed by atoms with Gasteiger partial charge in [0.15, 0.2) is 5.76 Å². The van der Waals surface area contributed by atoms with Gasteiger partial charge in [0.1, 0.15) is 5.58 Å². The lowest BCUT2D eigenvalue weighted by Gasteiger charge is -2.34. The van der Waals surface area contributed by atoms with Crippen LogP contribution in [0.15, 0.2) is 28.7 Å². The maximum Gasteiger partial charge on any atom is 0.289 e. The molecule has 2 aromatic rings. The Labute approximate surface area is 123 Å². The first kappa shape index (κ1) is 13.9. The van der Waals surface area contributed by atoms with Gasteiger partial charge in [-0.2, -0.15) is 0 Å². The summed E-state index contributed by atoms with van der Waals surface area (Å²) in [6.45, 7) is 0. The minimum absolute atomic E-state index is 0.135. The van der Waals surface area contributed by atoms with Crippen molar-refractivity contribution in [3.05, 3.63) is 30.0 Å². The molecule has 0 radical (unpaired) electrons. The van der Waals surface area contributed by atoms with Crippen molar-refractivity contribution < 1.29 is 14.3 Å². The fraction of sp³-hybridized carbons (Fsp3) is 0.438. The van der Waals surface area contributed by atoms with E-state index in [-0.39, 0.29) is 17.7 Å². The van der Waals surface area contributed by atoms with E-state index in [1.54, 1.807) is 36.2 Å². The second-order valence-electron chi connectivity index (χ2n) is 5.74. The zero-order chi connectivity index (χ0) is 15.0. The van der Waals surface area contributed by atoms with Crippen LogP contribution in [-0.2, 0) is 0 Å². The first-order chi connectivity index (χ1) is 10.1. The van der Waals surface area contributed by atoms with Crippen LogP contribution < -0.4 is 5.73 Å². The number of furan rings is 1. The van der Waals surface area contributed by atoms with E-state index in [2.05, 4.69) is 0 Å². The lowest BCUT2D eigenvalue weighted by Crippen LogP contribution is -2.46. The third kappa shape index (κ3) is 2.61. The predicted molar refractivity (Wildman–Crippen MR) is 81.0 cm³/mol. The predicted octanol–water partition coefficient (Wildman–Crippen LogP) is 2.39. The fourth-order valence-corrected chi connectivity index (χ4v) is 3.04. The fourth-order valence-electron chi connectivity index (χ4n) is 3.04. The minimum atomic E-state index is -0.451. The van der Waals surface area contributed by atoms with E-state index in [4.69, 9.17) is 10.2 Å². The molecular weight excluding hydrogens is 268 g/mol. The first-order valence-corrected chi connectivity index (χ1v) is 7.30. The Morgan fingerprint density at radius 3 is 2.86 bits per heavy atom. The molecule has 1 aromatic carbocycles. The number of anilines is 1. The maximum absolute atomic E-state index is 12.5. The number of nitrogens with two attached hydrogens (primary N) is 1. The molecule has 1 amide bonds. The molecule has 2 atom stereocenters. The number of nitrogens with zero attached hydrogens (tertiary/aromatic N) is 1. The Bertz CT molecular complexity index is 665. The molecule has 21 heavy (non-hydrogen) atoms. The van der Waals surface area contributed by atoms with Crippen molar-refractivity contribution in [3.63, 3.8) is 0 Å². The molecule has 1 heterocycles. The van der Waals surface area contributed by atoms with Gasteiger partial charge in [-0.1, -0.05) is 12.8 Å². The van der Waals surface area contributed by atoms with Crippen LogP contribution in [0.25, 0.3) is 11.0 Å². The van der Waals surface area contributed by atoms with Crippen LogP contribution in [0.1, 0.15) is 36.2 Å². The number of aliphatic hydroxyl groups is 1. The van der Waals surface area contributed by atoms with E-state index in [0.717, 1.165) is 31.1 Å². The molecule has 0 bridgehead atoms. The molecule has 0 saturated heterocycles. The van der Waals surface area contributed by atoms with Gasteiger partial charge in [-0.05, 0) is 37.1 Å². The zero-order valence-electron chi connectivity index (χ0n) is 12.1. The SMILES string of the molecule is CN(C(=O)c1cc2cc(N)ccc2o1)C1CCCCC1O. The molecule has 3 rings (SSSR count). The molecule has 3 N–H and O–H groups in total. The summed E-state index contributed by atoms with van der Waals surface area (Å²) < 4.78 is 5.60. The summed E-state index contributed by atoms with van der Waals surface area (Å²) >= 11 is 0. The lowest BCUT2D eigenvalue weighted by molar-refractivity contribution is 0.0251. The average molecular weight is 288 g/mol. The molecule has 1 fully saturated rings. The Hall–Kier alpha value is -2.01. The molecular formula is C16H20N2O3. The first-order valence-electron chi connectivity index (χ1n) is 7.30. The molecule has 1 saturated carbocycles. The number of carbonyl (C=O) groups excluding carboxylic acids is 1. The van der Waals surface area contributed by atoms with E-state index in [9.17, 15) is 9.90 Å². The van der Waals surface area contributed by atoms with Gasteiger partial charge in [-0.25, -0.2) is 0 Å². The van der Waals surface area contributed by atoms with Crippen LogP contribution in [-0.4, -0.2) is 35.1 Å². The third-order valence-electron chi connectivity index (χ3n) is 4.26. The second-order valence-corrected chi connectivity index (χ2v) is 5.74.